The molecular weight excluding hydrogens is 292 g/mol. The minimum atomic E-state index is -1.74. The lowest BCUT2D eigenvalue weighted by Crippen LogP contribution is -2.42. The Bertz CT molecular complexity index is 572. The number of carboxylic acid groups (broad SMARTS) is 3. The minimum absolute atomic E-state index is 0.114. The molecule has 0 aromatic heterocycles. The summed E-state index contributed by atoms with van der Waals surface area (Å²) in [5.74, 6) is -5.55. The van der Waals surface area contributed by atoms with Crippen LogP contribution >= 0.6 is 0 Å². The van der Waals surface area contributed by atoms with E-state index in [1.807, 2.05) is 0 Å². The van der Waals surface area contributed by atoms with Crippen molar-refractivity contribution in [3.63, 3.8) is 0 Å². The molecule has 3 unspecified atom stereocenters. The van der Waals surface area contributed by atoms with Gasteiger partial charge >= 0.3 is 17.9 Å². The molecule has 7 heteroatoms. The topological polar surface area (TPSA) is 121 Å². The highest BCUT2D eigenvalue weighted by atomic mass is 16.5. The maximum atomic E-state index is 11.7. The van der Waals surface area contributed by atoms with Gasteiger partial charge in [-0.3, -0.25) is 9.59 Å². The van der Waals surface area contributed by atoms with E-state index in [4.69, 9.17) is 14.9 Å². The summed E-state index contributed by atoms with van der Waals surface area (Å²) in [6.45, 7) is 6.94. The average molecular weight is 310 g/mol. The summed E-state index contributed by atoms with van der Waals surface area (Å²) in [7, 11) is 0. The standard InChI is InChI=1S/C15H18O7/c1-8(2)7-22-9(3)15(14(20)21)5-4-10(12(16)17)11(6-15)13(18)19/h4-6,9-10H,1,7H2,2-3H3,(H,16,17)(H,18,19)(H,20,21). The normalized spacial score (nSPS) is 25.2. The number of carboxylic acids is 3. The summed E-state index contributed by atoms with van der Waals surface area (Å²) in [5, 5.41) is 27.7. The van der Waals surface area contributed by atoms with Crippen molar-refractivity contribution in [1.29, 1.82) is 0 Å². The van der Waals surface area contributed by atoms with Crippen molar-refractivity contribution < 1.29 is 34.4 Å². The molecule has 3 atom stereocenters. The molecule has 0 radical (unpaired) electrons. The molecule has 0 bridgehead atoms. The molecule has 120 valence electrons. The number of aliphatic carboxylic acids is 3. The summed E-state index contributed by atoms with van der Waals surface area (Å²) in [6, 6.07) is 0. The van der Waals surface area contributed by atoms with E-state index in [1.54, 1.807) is 6.92 Å². The van der Waals surface area contributed by atoms with Crippen molar-refractivity contribution >= 4 is 17.9 Å². The van der Waals surface area contributed by atoms with Gasteiger partial charge < -0.3 is 20.1 Å². The molecule has 0 aromatic carbocycles. The molecule has 22 heavy (non-hydrogen) atoms. The molecule has 1 aliphatic rings. The van der Waals surface area contributed by atoms with Crippen LogP contribution in [0.1, 0.15) is 13.8 Å². The third-order valence-electron chi connectivity index (χ3n) is 3.43. The second-order valence-electron chi connectivity index (χ2n) is 5.23. The van der Waals surface area contributed by atoms with Crippen molar-refractivity contribution in [3.05, 3.63) is 36.0 Å². The summed E-state index contributed by atoms with van der Waals surface area (Å²) in [5.41, 5.74) is -1.56. The second kappa shape index (κ2) is 6.57. The first kappa shape index (κ1) is 17.6. The lowest BCUT2D eigenvalue weighted by atomic mass is 9.74. The van der Waals surface area contributed by atoms with E-state index < -0.39 is 40.9 Å². The molecule has 1 aliphatic carbocycles. The zero-order valence-electron chi connectivity index (χ0n) is 12.3. The van der Waals surface area contributed by atoms with E-state index in [2.05, 4.69) is 6.58 Å². The molecular formula is C15H18O7. The molecule has 0 saturated carbocycles. The van der Waals surface area contributed by atoms with Crippen LogP contribution in [0.4, 0.5) is 0 Å². The van der Waals surface area contributed by atoms with Crippen molar-refractivity contribution in [2.75, 3.05) is 6.61 Å². The number of rotatable bonds is 7. The van der Waals surface area contributed by atoms with Crippen LogP contribution in [0.5, 0.6) is 0 Å². The maximum absolute atomic E-state index is 11.7. The van der Waals surface area contributed by atoms with E-state index in [0.29, 0.717) is 5.57 Å². The molecule has 0 fully saturated rings. The Morgan fingerprint density at radius 2 is 1.95 bits per heavy atom. The van der Waals surface area contributed by atoms with Crippen molar-refractivity contribution in [2.24, 2.45) is 11.3 Å². The average Bonchev–Trinajstić information content (AvgIpc) is 2.43. The third-order valence-corrected chi connectivity index (χ3v) is 3.43. The van der Waals surface area contributed by atoms with E-state index in [9.17, 15) is 19.5 Å². The summed E-state index contributed by atoms with van der Waals surface area (Å²) in [6.07, 6.45) is 2.28. The number of hydrogen-bond acceptors (Lipinski definition) is 4. The number of ether oxygens (including phenoxy) is 1. The predicted molar refractivity (Wildman–Crippen MR) is 76.3 cm³/mol. The van der Waals surface area contributed by atoms with E-state index in [1.165, 1.54) is 13.0 Å². The Hall–Kier alpha value is -2.41. The first-order valence-electron chi connectivity index (χ1n) is 6.49. The van der Waals surface area contributed by atoms with Gasteiger partial charge in [-0.2, -0.15) is 0 Å². The van der Waals surface area contributed by atoms with Gasteiger partial charge in [0, 0.05) is 0 Å². The van der Waals surface area contributed by atoms with Crippen molar-refractivity contribution in [1.82, 2.24) is 0 Å². The highest BCUT2D eigenvalue weighted by Crippen LogP contribution is 2.37. The molecule has 3 N–H and O–H groups in total. The van der Waals surface area contributed by atoms with Crippen LogP contribution < -0.4 is 0 Å². The minimum Gasteiger partial charge on any atom is -0.481 e. The first-order valence-corrected chi connectivity index (χ1v) is 6.49. The van der Waals surface area contributed by atoms with Gasteiger partial charge in [0.1, 0.15) is 11.3 Å². The van der Waals surface area contributed by atoms with Crippen molar-refractivity contribution in [3.8, 4) is 0 Å². The lowest BCUT2D eigenvalue weighted by Gasteiger charge is -2.33. The zero-order valence-corrected chi connectivity index (χ0v) is 12.3. The summed E-state index contributed by atoms with van der Waals surface area (Å²) < 4.78 is 5.41. The van der Waals surface area contributed by atoms with Crippen LogP contribution in [0.2, 0.25) is 0 Å². The van der Waals surface area contributed by atoms with Gasteiger partial charge in [-0.25, -0.2) is 4.79 Å². The fourth-order valence-corrected chi connectivity index (χ4v) is 2.13. The summed E-state index contributed by atoms with van der Waals surface area (Å²) in [4.78, 5) is 34.0. The molecule has 0 aromatic rings. The zero-order chi connectivity index (χ0) is 17.1. The van der Waals surface area contributed by atoms with Crippen LogP contribution in [-0.2, 0) is 19.1 Å². The first-order chi connectivity index (χ1) is 10.1. The van der Waals surface area contributed by atoms with E-state index in [-0.39, 0.29) is 6.61 Å². The Morgan fingerprint density at radius 1 is 1.36 bits per heavy atom. The largest absolute Gasteiger partial charge is 0.481 e. The second-order valence-corrected chi connectivity index (χ2v) is 5.23. The molecule has 0 aliphatic heterocycles. The Balaban J connectivity index is 3.27. The highest BCUT2D eigenvalue weighted by molar-refractivity contribution is 5.97. The monoisotopic (exact) mass is 310 g/mol. The fraction of sp³-hybridized carbons (Fsp3) is 0.400. The lowest BCUT2D eigenvalue weighted by molar-refractivity contribution is -0.150. The fourth-order valence-electron chi connectivity index (χ4n) is 2.13. The van der Waals surface area contributed by atoms with E-state index >= 15 is 0 Å². The smallest absolute Gasteiger partial charge is 0.332 e. The van der Waals surface area contributed by atoms with Gasteiger partial charge in [0.05, 0.1) is 18.3 Å². The van der Waals surface area contributed by atoms with Crippen LogP contribution in [0.3, 0.4) is 0 Å². The quantitative estimate of drug-likeness (QED) is 0.606. The van der Waals surface area contributed by atoms with Gasteiger partial charge in [-0.15, -0.1) is 0 Å². The molecule has 7 nitrogen and oxygen atoms in total. The Labute approximate surface area is 127 Å². The molecule has 0 spiro atoms. The van der Waals surface area contributed by atoms with Crippen molar-refractivity contribution in [2.45, 2.75) is 20.0 Å². The van der Waals surface area contributed by atoms with Gasteiger partial charge in [0.15, 0.2) is 0 Å². The Morgan fingerprint density at radius 3 is 2.36 bits per heavy atom. The molecule has 1 rings (SSSR count). The van der Waals surface area contributed by atoms with Gasteiger partial charge in [0.25, 0.3) is 0 Å². The number of hydrogen-bond donors (Lipinski definition) is 3. The maximum Gasteiger partial charge on any atom is 0.332 e. The predicted octanol–water partition coefficient (Wildman–Crippen LogP) is 1.32. The molecule has 0 amide bonds. The van der Waals surface area contributed by atoms with Crippen LogP contribution in [0.25, 0.3) is 0 Å². The summed E-state index contributed by atoms with van der Waals surface area (Å²) >= 11 is 0. The molecule has 0 heterocycles. The van der Waals surface area contributed by atoms with E-state index in [0.717, 1.165) is 12.2 Å². The van der Waals surface area contributed by atoms with Gasteiger partial charge in [-0.05, 0) is 19.9 Å². The third kappa shape index (κ3) is 3.43. The van der Waals surface area contributed by atoms with Gasteiger partial charge in [0.2, 0.25) is 0 Å². The SMILES string of the molecule is C=C(C)COC(C)C1(C(=O)O)C=CC(C(=O)O)C(C(=O)O)=C1. The number of carbonyl (C=O) groups is 3. The Kier molecular flexibility index (Phi) is 5.27. The van der Waals surface area contributed by atoms with Gasteiger partial charge in [-0.1, -0.05) is 24.3 Å². The van der Waals surface area contributed by atoms with Crippen LogP contribution in [0.15, 0.2) is 36.0 Å². The highest BCUT2D eigenvalue weighted by Gasteiger charge is 2.45. The van der Waals surface area contributed by atoms with Crippen LogP contribution in [0, 0.1) is 11.3 Å². The molecule has 0 saturated heterocycles. The van der Waals surface area contributed by atoms with Crippen LogP contribution in [-0.4, -0.2) is 45.9 Å².